The number of halogens is 2. The summed E-state index contributed by atoms with van der Waals surface area (Å²) < 4.78 is 0. The summed E-state index contributed by atoms with van der Waals surface area (Å²) >= 11 is 17.1. The molecule has 0 saturated heterocycles. The van der Waals surface area contributed by atoms with Crippen molar-refractivity contribution in [2.75, 3.05) is 6.54 Å². The van der Waals surface area contributed by atoms with Gasteiger partial charge in [-0.3, -0.25) is 4.79 Å². The van der Waals surface area contributed by atoms with Crippen molar-refractivity contribution < 1.29 is 14.7 Å². The van der Waals surface area contributed by atoms with E-state index in [2.05, 4.69) is 16.0 Å². The Bertz CT molecular complexity index is 814. The molecular formula is C18H17Cl2N3O3S. The molecule has 0 heterocycles. The highest BCUT2D eigenvalue weighted by atomic mass is 35.5. The Labute approximate surface area is 171 Å². The molecule has 0 aliphatic rings. The molecule has 1 atom stereocenters. The van der Waals surface area contributed by atoms with Gasteiger partial charge in [0.15, 0.2) is 5.11 Å². The molecule has 0 bridgehead atoms. The number of carbonyl (C=O) groups excluding carboxylic acids is 1. The number of nitrogens with one attached hydrogen (secondary N) is 3. The summed E-state index contributed by atoms with van der Waals surface area (Å²) in [5, 5.41) is 18.0. The number of carboxylic acids is 1. The Morgan fingerprint density at radius 1 is 1.00 bits per heavy atom. The van der Waals surface area contributed by atoms with Gasteiger partial charge in [0.25, 0.3) is 5.91 Å². The van der Waals surface area contributed by atoms with E-state index >= 15 is 0 Å². The summed E-state index contributed by atoms with van der Waals surface area (Å²) in [5.74, 6) is -1.90. The minimum absolute atomic E-state index is 0.0249. The lowest BCUT2D eigenvalue weighted by Gasteiger charge is -2.18. The van der Waals surface area contributed by atoms with Crippen molar-refractivity contribution in [1.29, 1.82) is 0 Å². The highest BCUT2D eigenvalue weighted by Gasteiger charge is 2.23. The fourth-order valence-corrected chi connectivity index (χ4v) is 2.91. The molecule has 0 spiro atoms. The maximum atomic E-state index is 12.3. The first-order valence-electron chi connectivity index (χ1n) is 7.91. The Hall–Kier alpha value is -2.35. The van der Waals surface area contributed by atoms with Crippen LogP contribution in [0.3, 0.4) is 0 Å². The Morgan fingerprint density at radius 2 is 1.63 bits per heavy atom. The Balaban J connectivity index is 1.90. The molecule has 6 nitrogen and oxygen atoms in total. The molecule has 0 radical (unpaired) electrons. The van der Waals surface area contributed by atoms with Gasteiger partial charge in [-0.25, -0.2) is 4.79 Å². The summed E-state index contributed by atoms with van der Waals surface area (Å²) in [7, 11) is 0. The van der Waals surface area contributed by atoms with Crippen molar-refractivity contribution in [1.82, 2.24) is 16.0 Å². The first kappa shape index (κ1) is 21.0. The molecular weight excluding hydrogens is 409 g/mol. The van der Waals surface area contributed by atoms with E-state index in [0.29, 0.717) is 6.54 Å². The fraction of sp³-hybridized carbons (Fsp3) is 0.167. The van der Waals surface area contributed by atoms with Crippen LogP contribution in [0.2, 0.25) is 10.0 Å². The molecule has 27 heavy (non-hydrogen) atoms. The molecule has 2 aromatic rings. The van der Waals surface area contributed by atoms with Gasteiger partial charge in [0.1, 0.15) is 6.04 Å². The van der Waals surface area contributed by atoms with Crippen LogP contribution in [-0.4, -0.2) is 34.7 Å². The number of aliphatic carboxylic acids is 1. The lowest BCUT2D eigenvalue weighted by atomic mass is 10.2. The highest BCUT2D eigenvalue weighted by Crippen LogP contribution is 2.24. The van der Waals surface area contributed by atoms with Gasteiger partial charge in [0.2, 0.25) is 0 Å². The predicted molar refractivity (Wildman–Crippen MR) is 109 cm³/mol. The number of amides is 1. The van der Waals surface area contributed by atoms with Crippen LogP contribution in [0.5, 0.6) is 0 Å². The maximum Gasteiger partial charge on any atom is 0.328 e. The largest absolute Gasteiger partial charge is 0.480 e. The number of thiocarbonyl (C=S) groups is 1. The number of rotatable bonds is 7. The van der Waals surface area contributed by atoms with Gasteiger partial charge in [-0.2, -0.15) is 0 Å². The summed E-state index contributed by atoms with van der Waals surface area (Å²) in [6, 6.07) is 13.0. The third-order valence-corrected chi connectivity index (χ3v) is 4.47. The molecule has 0 unspecified atom stereocenters. The second-order valence-electron chi connectivity index (χ2n) is 5.51. The van der Waals surface area contributed by atoms with Crippen molar-refractivity contribution in [3.63, 3.8) is 0 Å². The van der Waals surface area contributed by atoms with E-state index in [1.165, 1.54) is 12.1 Å². The quantitative estimate of drug-likeness (QED) is 0.509. The van der Waals surface area contributed by atoms with Crippen LogP contribution in [0.15, 0.2) is 48.5 Å². The third-order valence-electron chi connectivity index (χ3n) is 3.56. The van der Waals surface area contributed by atoms with E-state index in [9.17, 15) is 14.7 Å². The van der Waals surface area contributed by atoms with Gasteiger partial charge in [0, 0.05) is 13.1 Å². The zero-order valence-electron chi connectivity index (χ0n) is 14.0. The predicted octanol–water partition coefficient (Wildman–Crippen LogP) is 2.84. The first-order valence-corrected chi connectivity index (χ1v) is 9.08. The molecule has 2 rings (SSSR count). The van der Waals surface area contributed by atoms with Gasteiger partial charge < -0.3 is 21.1 Å². The SMILES string of the molecule is O=C(N[C@@H](CNC(=S)NCc1ccccc1)C(=O)O)c1c(Cl)cccc1Cl. The number of carbonyl (C=O) groups is 2. The minimum atomic E-state index is -1.22. The monoisotopic (exact) mass is 425 g/mol. The first-order chi connectivity index (χ1) is 12.9. The number of benzene rings is 2. The Morgan fingerprint density at radius 3 is 2.22 bits per heavy atom. The van der Waals surface area contributed by atoms with Crippen LogP contribution in [0.1, 0.15) is 15.9 Å². The summed E-state index contributed by atoms with van der Waals surface area (Å²) in [4.78, 5) is 23.8. The molecule has 4 N–H and O–H groups in total. The van der Waals surface area contributed by atoms with Crippen molar-refractivity contribution in [3.05, 3.63) is 69.7 Å². The van der Waals surface area contributed by atoms with Crippen LogP contribution in [0.4, 0.5) is 0 Å². The average Bonchev–Trinajstić information content (AvgIpc) is 2.63. The topological polar surface area (TPSA) is 90.5 Å². The highest BCUT2D eigenvalue weighted by molar-refractivity contribution is 7.80. The standard InChI is InChI=1S/C18H17Cl2N3O3S/c19-12-7-4-8-13(20)15(12)16(24)23-14(17(25)26)10-22-18(27)21-9-11-5-2-1-3-6-11/h1-8,14H,9-10H2,(H,23,24)(H,25,26)(H2,21,22,27)/t14-/m0/s1. The Kier molecular flexibility index (Phi) is 7.84. The third kappa shape index (κ3) is 6.39. The second kappa shape index (κ2) is 10.1. The molecule has 1 amide bonds. The molecule has 2 aromatic carbocycles. The van der Waals surface area contributed by atoms with Crippen molar-refractivity contribution in [3.8, 4) is 0 Å². The lowest BCUT2D eigenvalue weighted by Crippen LogP contribution is -2.50. The number of hydrogen-bond acceptors (Lipinski definition) is 3. The molecule has 0 fully saturated rings. The van der Waals surface area contributed by atoms with E-state index in [-0.39, 0.29) is 27.3 Å². The van der Waals surface area contributed by atoms with E-state index < -0.39 is 17.9 Å². The van der Waals surface area contributed by atoms with Crippen molar-refractivity contribution in [2.24, 2.45) is 0 Å². The van der Waals surface area contributed by atoms with Crippen LogP contribution in [0, 0.1) is 0 Å². The minimum Gasteiger partial charge on any atom is -0.480 e. The molecule has 9 heteroatoms. The van der Waals surface area contributed by atoms with Gasteiger partial charge in [0.05, 0.1) is 15.6 Å². The summed E-state index contributed by atoms with van der Waals surface area (Å²) in [6.45, 7) is 0.385. The normalized spacial score (nSPS) is 11.3. The smallest absolute Gasteiger partial charge is 0.328 e. The lowest BCUT2D eigenvalue weighted by molar-refractivity contribution is -0.139. The zero-order chi connectivity index (χ0) is 19.8. The van der Waals surface area contributed by atoms with Gasteiger partial charge in [-0.15, -0.1) is 0 Å². The molecule has 0 saturated carbocycles. The maximum absolute atomic E-state index is 12.3. The summed E-state index contributed by atoms with van der Waals surface area (Å²) in [6.07, 6.45) is 0. The van der Waals surface area contributed by atoms with Crippen LogP contribution in [0.25, 0.3) is 0 Å². The number of hydrogen-bond donors (Lipinski definition) is 4. The van der Waals surface area contributed by atoms with Gasteiger partial charge in [-0.05, 0) is 29.9 Å². The molecule has 0 aromatic heterocycles. The fourth-order valence-electron chi connectivity index (χ4n) is 2.18. The summed E-state index contributed by atoms with van der Waals surface area (Å²) in [5.41, 5.74) is 1.05. The van der Waals surface area contributed by atoms with E-state index in [1.807, 2.05) is 30.3 Å². The van der Waals surface area contributed by atoms with Gasteiger partial charge in [-0.1, -0.05) is 59.6 Å². The van der Waals surface area contributed by atoms with E-state index in [0.717, 1.165) is 5.56 Å². The van der Waals surface area contributed by atoms with Crippen molar-refractivity contribution in [2.45, 2.75) is 12.6 Å². The average molecular weight is 426 g/mol. The van der Waals surface area contributed by atoms with Crippen LogP contribution < -0.4 is 16.0 Å². The molecule has 142 valence electrons. The molecule has 0 aliphatic heterocycles. The zero-order valence-corrected chi connectivity index (χ0v) is 16.4. The van der Waals surface area contributed by atoms with E-state index in [1.54, 1.807) is 6.07 Å². The molecule has 0 aliphatic carbocycles. The van der Waals surface area contributed by atoms with Crippen molar-refractivity contribution >= 4 is 52.4 Å². The van der Waals surface area contributed by atoms with Crippen LogP contribution >= 0.6 is 35.4 Å². The number of carboxylic acid groups (broad SMARTS) is 1. The van der Waals surface area contributed by atoms with Gasteiger partial charge >= 0.3 is 5.97 Å². The van der Waals surface area contributed by atoms with E-state index in [4.69, 9.17) is 35.4 Å². The second-order valence-corrected chi connectivity index (χ2v) is 6.73. The van der Waals surface area contributed by atoms with Crippen LogP contribution in [-0.2, 0) is 11.3 Å².